The molecule has 2 aliphatic rings. The Labute approximate surface area is 265 Å². The van der Waals surface area contributed by atoms with Crippen LogP contribution in [0.15, 0.2) is 176 Å². The fourth-order valence-corrected chi connectivity index (χ4v) is 6.66. The Morgan fingerprint density at radius 3 is 1.53 bits per heavy atom. The van der Waals surface area contributed by atoms with Gasteiger partial charge >= 0.3 is 0 Å². The molecule has 0 radical (unpaired) electrons. The van der Waals surface area contributed by atoms with Crippen molar-refractivity contribution in [1.82, 2.24) is 0 Å². The molecular weight excluding hydrogens is 546 g/mol. The standard InChI is InChI=1S/C43H33NO/c1-43-30-9-8-17-41(43)45-42-39(15-10-16-40(42)43)35-22-28-38(29-23-35)44(36-24-18-33(19-25-36)31-11-4-2-5-12-31)37-26-20-34(21-27-37)32-13-6-3-7-14-32/h2-29H,30H2,1H3. The zero-order chi connectivity index (χ0) is 30.2. The molecule has 0 spiro atoms. The monoisotopic (exact) mass is 579 g/mol. The van der Waals surface area contributed by atoms with Crippen molar-refractivity contribution in [2.24, 2.45) is 0 Å². The summed E-state index contributed by atoms with van der Waals surface area (Å²) in [6.07, 6.45) is 7.40. The van der Waals surface area contributed by atoms with Gasteiger partial charge in [0, 0.05) is 28.2 Å². The molecule has 1 aliphatic carbocycles. The van der Waals surface area contributed by atoms with Gasteiger partial charge in [-0.05, 0) is 83.6 Å². The van der Waals surface area contributed by atoms with Crippen LogP contribution in [0.3, 0.4) is 0 Å². The first-order valence-electron chi connectivity index (χ1n) is 15.6. The molecule has 6 aromatic carbocycles. The van der Waals surface area contributed by atoms with Crippen LogP contribution < -0.4 is 9.64 Å². The highest BCUT2D eigenvalue weighted by molar-refractivity contribution is 5.82. The minimum absolute atomic E-state index is 0.103. The molecule has 0 aromatic heterocycles. The van der Waals surface area contributed by atoms with Crippen molar-refractivity contribution in [2.45, 2.75) is 18.8 Å². The van der Waals surface area contributed by atoms with Crippen molar-refractivity contribution in [3.05, 3.63) is 181 Å². The van der Waals surface area contributed by atoms with Gasteiger partial charge < -0.3 is 9.64 Å². The first-order chi connectivity index (χ1) is 22.2. The molecule has 45 heavy (non-hydrogen) atoms. The van der Waals surface area contributed by atoms with Gasteiger partial charge in [0.15, 0.2) is 0 Å². The van der Waals surface area contributed by atoms with Gasteiger partial charge in [0.2, 0.25) is 0 Å². The van der Waals surface area contributed by atoms with Crippen LogP contribution in [0.5, 0.6) is 5.75 Å². The molecule has 1 atom stereocenters. The van der Waals surface area contributed by atoms with Crippen LogP contribution in [0.1, 0.15) is 18.9 Å². The largest absolute Gasteiger partial charge is 0.460 e. The summed E-state index contributed by atoms with van der Waals surface area (Å²) in [5, 5.41) is 0. The summed E-state index contributed by atoms with van der Waals surface area (Å²) in [5.41, 5.74) is 11.6. The molecule has 0 amide bonds. The Morgan fingerprint density at radius 2 is 1.00 bits per heavy atom. The number of anilines is 3. The second-order valence-corrected chi connectivity index (χ2v) is 12.0. The molecule has 0 N–H and O–H groups in total. The number of para-hydroxylation sites is 1. The van der Waals surface area contributed by atoms with Crippen LogP contribution in [0, 0.1) is 0 Å². The van der Waals surface area contributed by atoms with E-state index in [4.69, 9.17) is 4.74 Å². The van der Waals surface area contributed by atoms with Crippen LogP contribution in [-0.2, 0) is 5.41 Å². The summed E-state index contributed by atoms with van der Waals surface area (Å²) in [4.78, 5) is 2.32. The molecule has 0 bridgehead atoms. The fraction of sp³-hybridized carbons (Fsp3) is 0.0698. The Balaban J connectivity index is 1.17. The summed E-state index contributed by atoms with van der Waals surface area (Å²) in [6, 6.07) is 54.1. The smallest absolute Gasteiger partial charge is 0.139 e. The summed E-state index contributed by atoms with van der Waals surface area (Å²) >= 11 is 0. The molecule has 2 heteroatoms. The summed E-state index contributed by atoms with van der Waals surface area (Å²) < 4.78 is 6.51. The number of rotatable bonds is 6. The highest BCUT2D eigenvalue weighted by atomic mass is 16.5. The van der Waals surface area contributed by atoms with Crippen LogP contribution in [-0.4, -0.2) is 0 Å². The molecular formula is C43H33NO. The van der Waals surface area contributed by atoms with Crippen molar-refractivity contribution in [1.29, 1.82) is 0 Å². The zero-order valence-corrected chi connectivity index (χ0v) is 25.2. The topological polar surface area (TPSA) is 12.5 Å². The van der Waals surface area contributed by atoms with E-state index in [-0.39, 0.29) is 5.41 Å². The lowest BCUT2D eigenvalue weighted by Crippen LogP contribution is -2.22. The van der Waals surface area contributed by atoms with Crippen molar-refractivity contribution in [2.75, 3.05) is 4.90 Å². The highest BCUT2D eigenvalue weighted by Gasteiger charge is 2.42. The molecule has 1 heterocycles. The third kappa shape index (κ3) is 4.85. The van der Waals surface area contributed by atoms with E-state index in [0.29, 0.717) is 0 Å². The lowest BCUT2D eigenvalue weighted by molar-refractivity contribution is 0.377. The van der Waals surface area contributed by atoms with Crippen molar-refractivity contribution in [3.8, 4) is 39.1 Å². The lowest BCUT2D eigenvalue weighted by atomic mass is 9.76. The van der Waals surface area contributed by atoms with Gasteiger partial charge in [-0.3, -0.25) is 0 Å². The van der Waals surface area contributed by atoms with Crippen LogP contribution in [0.2, 0.25) is 0 Å². The average molecular weight is 580 g/mol. The van der Waals surface area contributed by atoms with E-state index >= 15 is 0 Å². The van der Waals surface area contributed by atoms with E-state index in [1.165, 1.54) is 27.8 Å². The number of fused-ring (bicyclic) bond motifs is 3. The third-order valence-electron chi connectivity index (χ3n) is 9.18. The Bertz CT molecular complexity index is 1940. The number of nitrogens with zero attached hydrogens (tertiary/aromatic N) is 1. The van der Waals surface area contributed by atoms with Gasteiger partial charge in [-0.25, -0.2) is 0 Å². The van der Waals surface area contributed by atoms with E-state index in [9.17, 15) is 0 Å². The van der Waals surface area contributed by atoms with Gasteiger partial charge in [0.1, 0.15) is 11.5 Å². The van der Waals surface area contributed by atoms with Crippen molar-refractivity contribution in [3.63, 3.8) is 0 Å². The molecule has 8 rings (SSSR count). The zero-order valence-electron chi connectivity index (χ0n) is 25.2. The number of ether oxygens (including phenoxy) is 1. The van der Waals surface area contributed by atoms with Gasteiger partial charge in [0.25, 0.3) is 0 Å². The first-order valence-corrected chi connectivity index (χ1v) is 15.6. The van der Waals surface area contributed by atoms with E-state index in [1.54, 1.807) is 0 Å². The van der Waals surface area contributed by atoms with Gasteiger partial charge in [-0.15, -0.1) is 0 Å². The van der Waals surface area contributed by atoms with Crippen LogP contribution >= 0.6 is 0 Å². The minimum atomic E-state index is -0.103. The Hall–Kier alpha value is -5.60. The molecule has 0 saturated heterocycles. The van der Waals surface area contributed by atoms with Crippen LogP contribution in [0.4, 0.5) is 17.1 Å². The lowest BCUT2D eigenvalue weighted by Gasteiger charge is -2.26. The van der Waals surface area contributed by atoms with E-state index < -0.39 is 0 Å². The molecule has 216 valence electrons. The molecule has 1 unspecified atom stereocenters. The summed E-state index contributed by atoms with van der Waals surface area (Å²) in [5.74, 6) is 2.01. The molecule has 2 nitrogen and oxygen atoms in total. The minimum Gasteiger partial charge on any atom is -0.460 e. The van der Waals surface area contributed by atoms with E-state index in [2.05, 4.69) is 182 Å². The Morgan fingerprint density at radius 1 is 0.511 bits per heavy atom. The van der Waals surface area contributed by atoms with Gasteiger partial charge in [0.05, 0.1) is 5.41 Å². The number of benzene rings is 6. The quantitative estimate of drug-likeness (QED) is 0.195. The van der Waals surface area contributed by atoms with Gasteiger partial charge in [-0.2, -0.15) is 0 Å². The summed E-state index contributed by atoms with van der Waals surface area (Å²) in [6.45, 7) is 2.28. The maximum absolute atomic E-state index is 6.51. The molecule has 1 aliphatic heterocycles. The second-order valence-electron chi connectivity index (χ2n) is 12.0. The maximum Gasteiger partial charge on any atom is 0.139 e. The number of hydrogen-bond donors (Lipinski definition) is 0. The molecule has 0 saturated carbocycles. The van der Waals surface area contributed by atoms with E-state index in [1.807, 2.05) is 0 Å². The number of hydrogen-bond acceptors (Lipinski definition) is 2. The molecule has 6 aromatic rings. The number of allylic oxidation sites excluding steroid dienone is 4. The third-order valence-corrected chi connectivity index (χ3v) is 9.18. The average Bonchev–Trinajstić information content (AvgIpc) is 3.42. The fourth-order valence-electron chi connectivity index (χ4n) is 6.66. The van der Waals surface area contributed by atoms with Crippen LogP contribution in [0.25, 0.3) is 33.4 Å². The maximum atomic E-state index is 6.51. The van der Waals surface area contributed by atoms with Crippen molar-refractivity contribution < 1.29 is 4.74 Å². The van der Waals surface area contributed by atoms with E-state index in [0.717, 1.165) is 46.1 Å². The predicted octanol–water partition coefficient (Wildman–Crippen LogP) is 11.7. The molecule has 0 fully saturated rings. The Kier molecular flexibility index (Phi) is 6.69. The highest BCUT2D eigenvalue weighted by Crippen LogP contribution is 2.52. The normalized spacial score (nSPS) is 16.3. The SMILES string of the molecule is CC12CC=CC=C1Oc1c(-c3ccc(N(c4ccc(-c5ccccc5)cc4)c4ccc(-c5ccccc5)cc4)cc3)cccc12. The van der Waals surface area contributed by atoms with Crippen molar-refractivity contribution >= 4 is 17.1 Å². The predicted molar refractivity (Wildman–Crippen MR) is 187 cm³/mol. The first kappa shape index (κ1) is 27.0. The van der Waals surface area contributed by atoms with Gasteiger partial charge in [-0.1, -0.05) is 127 Å². The second kappa shape index (κ2) is 11.2. The summed E-state index contributed by atoms with van der Waals surface area (Å²) in [7, 11) is 0.